The number of carbonyl (C=O) groups is 1. The first-order valence-corrected chi connectivity index (χ1v) is 7.25. The highest BCUT2D eigenvalue weighted by Crippen LogP contribution is 2.35. The second-order valence-corrected chi connectivity index (χ2v) is 5.70. The second-order valence-electron chi connectivity index (χ2n) is 5.70. The molecule has 0 unspecified atom stereocenters. The SMILES string of the molecule is CN(C)C1(CNC(=O)CCCCCCN)CCC1. The van der Waals surface area contributed by atoms with E-state index in [-0.39, 0.29) is 11.4 Å². The van der Waals surface area contributed by atoms with Crippen molar-refractivity contribution in [2.45, 2.75) is 56.9 Å². The summed E-state index contributed by atoms with van der Waals surface area (Å²) in [7, 11) is 4.22. The summed E-state index contributed by atoms with van der Waals surface area (Å²) in [6, 6.07) is 0. The lowest BCUT2D eigenvalue weighted by atomic mass is 9.75. The summed E-state index contributed by atoms with van der Waals surface area (Å²) >= 11 is 0. The molecule has 1 fully saturated rings. The van der Waals surface area contributed by atoms with Gasteiger partial charge in [0.25, 0.3) is 0 Å². The monoisotopic (exact) mass is 255 g/mol. The van der Waals surface area contributed by atoms with Crippen LogP contribution < -0.4 is 11.1 Å². The first-order valence-electron chi connectivity index (χ1n) is 7.25. The molecule has 1 saturated carbocycles. The zero-order valence-electron chi connectivity index (χ0n) is 12.0. The fraction of sp³-hybridized carbons (Fsp3) is 0.929. The summed E-state index contributed by atoms with van der Waals surface area (Å²) in [6.45, 7) is 1.57. The van der Waals surface area contributed by atoms with Crippen molar-refractivity contribution in [1.82, 2.24) is 10.2 Å². The Morgan fingerprint density at radius 1 is 1.22 bits per heavy atom. The van der Waals surface area contributed by atoms with E-state index in [9.17, 15) is 4.79 Å². The van der Waals surface area contributed by atoms with Crippen LogP contribution in [0.25, 0.3) is 0 Å². The standard InChI is InChI=1S/C14H29N3O/c1-17(2)14(9-7-10-14)12-16-13(18)8-5-3-4-6-11-15/h3-12,15H2,1-2H3,(H,16,18). The molecule has 0 saturated heterocycles. The van der Waals surface area contributed by atoms with E-state index in [4.69, 9.17) is 5.73 Å². The minimum absolute atomic E-state index is 0.205. The number of unbranched alkanes of at least 4 members (excludes halogenated alkanes) is 3. The van der Waals surface area contributed by atoms with Gasteiger partial charge in [-0.05, 0) is 52.7 Å². The number of carbonyl (C=O) groups excluding carboxylic acids is 1. The zero-order valence-corrected chi connectivity index (χ0v) is 12.0. The van der Waals surface area contributed by atoms with Crippen LogP contribution in [0.2, 0.25) is 0 Å². The molecule has 4 nitrogen and oxygen atoms in total. The lowest BCUT2D eigenvalue weighted by molar-refractivity contribution is -0.122. The van der Waals surface area contributed by atoms with E-state index in [0.717, 1.165) is 38.8 Å². The molecule has 0 spiro atoms. The minimum atomic E-state index is 0.205. The lowest BCUT2D eigenvalue weighted by Crippen LogP contribution is -2.57. The van der Waals surface area contributed by atoms with Gasteiger partial charge < -0.3 is 16.0 Å². The maximum atomic E-state index is 11.7. The Kier molecular flexibility index (Phi) is 6.65. The number of hydrogen-bond acceptors (Lipinski definition) is 3. The molecule has 0 aromatic heterocycles. The normalized spacial score (nSPS) is 17.6. The van der Waals surface area contributed by atoms with Gasteiger partial charge in [0.05, 0.1) is 0 Å². The molecule has 1 amide bonds. The average Bonchev–Trinajstić information content (AvgIpc) is 2.27. The van der Waals surface area contributed by atoms with Crippen molar-refractivity contribution in [3.05, 3.63) is 0 Å². The molecule has 1 aliphatic rings. The Labute approximate surface area is 111 Å². The van der Waals surface area contributed by atoms with Gasteiger partial charge in [-0.3, -0.25) is 4.79 Å². The van der Waals surface area contributed by atoms with Crippen molar-refractivity contribution in [3.63, 3.8) is 0 Å². The van der Waals surface area contributed by atoms with Crippen molar-refractivity contribution < 1.29 is 4.79 Å². The lowest BCUT2D eigenvalue weighted by Gasteiger charge is -2.47. The van der Waals surface area contributed by atoms with E-state index in [2.05, 4.69) is 24.3 Å². The van der Waals surface area contributed by atoms with Gasteiger partial charge in [0.15, 0.2) is 0 Å². The molecule has 0 heterocycles. The van der Waals surface area contributed by atoms with Crippen molar-refractivity contribution in [1.29, 1.82) is 0 Å². The minimum Gasteiger partial charge on any atom is -0.354 e. The topological polar surface area (TPSA) is 58.4 Å². The van der Waals surface area contributed by atoms with Gasteiger partial charge in [-0.2, -0.15) is 0 Å². The van der Waals surface area contributed by atoms with Crippen LogP contribution in [0.5, 0.6) is 0 Å². The molecule has 0 aromatic carbocycles. The Hall–Kier alpha value is -0.610. The fourth-order valence-electron chi connectivity index (χ4n) is 2.50. The van der Waals surface area contributed by atoms with E-state index in [1.165, 1.54) is 19.3 Å². The molecule has 0 radical (unpaired) electrons. The van der Waals surface area contributed by atoms with Gasteiger partial charge in [-0.15, -0.1) is 0 Å². The number of nitrogens with zero attached hydrogens (tertiary/aromatic N) is 1. The first-order chi connectivity index (χ1) is 8.60. The van der Waals surface area contributed by atoms with Crippen molar-refractivity contribution >= 4 is 5.91 Å². The molecule has 106 valence electrons. The van der Waals surface area contributed by atoms with E-state index in [1.54, 1.807) is 0 Å². The fourth-order valence-corrected chi connectivity index (χ4v) is 2.50. The van der Waals surface area contributed by atoms with Gasteiger partial charge in [0, 0.05) is 18.5 Å². The van der Waals surface area contributed by atoms with Gasteiger partial charge in [-0.25, -0.2) is 0 Å². The highest BCUT2D eigenvalue weighted by molar-refractivity contribution is 5.75. The third kappa shape index (κ3) is 4.58. The molecule has 18 heavy (non-hydrogen) atoms. The predicted molar refractivity (Wildman–Crippen MR) is 75.4 cm³/mol. The second kappa shape index (κ2) is 7.74. The molecule has 1 aliphatic carbocycles. The van der Waals surface area contributed by atoms with Gasteiger partial charge >= 0.3 is 0 Å². The van der Waals surface area contributed by atoms with Crippen molar-refractivity contribution in [2.24, 2.45) is 5.73 Å². The van der Waals surface area contributed by atoms with Crippen molar-refractivity contribution in [3.8, 4) is 0 Å². The zero-order chi connectivity index (χ0) is 13.4. The Bertz CT molecular complexity index is 249. The highest BCUT2D eigenvalue weighted by atomic mass is 16.1. The summed E-state index contributed by atoms with van der Waals surface area (Å²) < 4.78 is 0. The number of rotatable bonds is 9. The van der Waals surface area contributed by atoms with Crippen LogP contribution in [0.4, 0.5) is 0 Å². The van der Waals surface area contributed by atoms with E-state index in [0.29, 0.717) is 6.42 Å². The van der Waals surface area contributed by atoms with Crippen LogP contribution in [-0.4, -0.2) is 43.5 Å². The van der Waals surface area contributed by atoms with Crippen LogP contribution in [-0.2, 0) is 4.79 Å². The van der Waals surface area contributed by atoms with Gasteiger partial charge in [-0.1, -0.05) is 12.8 Å². The highest BCUT2D eigenvalue weighted by Gasteiger charge is 2.38. The third-order valence-electron chi connectivity index (χ3n) is 4.21. The Morgan fingerprint density at radius 2 is 1.89 bits per heavy atom. The Balaban J connectivity index is 2.09. The summed E-state index contributed by atoms with van der Waals surface area (Å²) in [4.78, 5) is 14.0. The number of hydrogen-bond donors (Lipinski definition) is 2. The number of nitrogens with one attached hydrogen (secondary N) is 1. The maximum absolute atomic E-state index is 11.7. The molecular formula is C14H29N3O. The summed E-state index contributed by atoms with van der Waals surface area (Å²) in [5.74, 6) is 0.205. The average molecular weight is 255 g/mol. The molecule has 0 bridgehead atoms. The molecule has 4 heteroatoms. The molecule has 0 aliphatic heterocycles. The van der Waals surface area contributed by atoms with Crippen LogP contribution in [0.1, 0.15) is 51.4 Å². The van der Waals surface area contributed by atoms with Crippen molar-refractivity contribution in [2.75, 3.05) is 27.2 Å². The first kappa shape index (κ1) is 15.4. The molecular weight excluding hydrogens is 226 g/mol. The quantitative estimate of drug-likeness (QED) is 0.614. The van der Waals surface area contributed by atoms with Crippen LogP contribution in [0, 0.1) is 0 Å². The number of amides is 1. The van der Waals surface area contributed by atoms with Crippen LogP contribution in [0.3, 0.4) is 0 Å². The number of likely N-dealkylation sites (N-methyl/N-ethyl adjacent to an activating group) is 1. The van der Waals surface area contributed by atoms with E-state index < -0.39 is 0 Å². The molecule has 0 atom stereocenters. The van der Waals surface area contributed by atoms with Gasteiger partial charge in [0.1, 0.15) is 0 Å². The predicted octanol–water partition coefficient (Wildman–Crippen LogP) is 1.50. The summed E-state index contributed by atoms with van der Waals surface area (Å²) in [6.07, 6.45) is 8.68. The third-order valence-corrected chi connectivity index (χ3v) is 4.21. The Morgan fingerprint density at radius 3 is 2.39 bits per heavy atom. The van der Waals surface area contributed by atoms with E-state index >= 15 is 0 Å². The molecule has 1 rings (SSSR count). The smallest absolute Gasteiger partial charge is 0.220 e. The molecule has 3 N–H and O–H groups in total. The van der Waals surface area contributed by atoms with Crippen LogP contribution in [0.15, 0.2) is 0 Å². The van der Waals surface area contributed by atoms with Crippen LogP contribution >= 0.6 is 0 Å². The van der Waals surface area contributed by atoms with E-state index in [1.807, 2.05) is 0 Å². The number of nitrogens with two attached hydrogens (primary N) is 1. The van der Waals surface area contributed by atoms with Gasteiger partial charge in [0.2, 0.25) is 5.91 Å². The summed E-state index contributed by atoms with van der Waals surface area (Å²) in [5, 5.41) is 3.09. The largest absolute Gasteiger partial charge is 0.354 e. The maximum Gasteiger partial charge on any atom is 0.220 e. The molecule has 0 aromatic rings. The summed E-state index contributed by atoms with van der Waals surface area (Å²) in [5.41, 5.74) is 5.66.